The van der Waals surface area contributed by atoms with Gasteiger partial charge in [0.2, 0.25) is 0 Å². The third kappa shape index (κ3) is 3.49. The molecule has 0 bridgehead atoms. The van der Waals surface area contributed by atoms with Crippen LogP contribution in [-0.2, 0) is 6.42 Å². The molecule has 1 aromatic rings. The van der Waals surface area contributed by atoms with Crippen molar-refractivity contribution < 1.29 is 4.74 Å². The van der Waals surface area contributed by atoms with Crippen molar-refractivity contribution >= 4 is 0 Å². The summed E-state index contributed by atoms with van der Waals surface area (Å²) < 4.78 is 5.55. The molecule has 0 radical (unpaired) electrons. The molecule has 0 aliphatic rings. The molecule has 1 nitrogen and oxygen atoms in total. The van der Waals surface area contributed by atoms with Gasteiger partial charge in [-0.25, -0.2) is 0 Å². The van der Waals surface area contributed by atoms with Crippen molar-refractivity contribution in [1.29, 1.82) is 0 Å². The Hall–Kier alpha value is -0.980. The molecule has 0 saturated carbocycles. The number of hydrogen-bond donors (Lipinski definition) is 0. The highest BCUT2D eigenvalue weighted by Crippen LogP contribution is 2.14. The average molecular weight is 178 g/mol. The Balaban J connectivity index is 2.59. The smallest absolute Gasteiger partial charge is 0.119 e. The van der Waals surface area contributed by atoms with Gasteiger partial charge in [-0.3, -0.25) is 0 Å². The molecule has 0 unspecified atom stereocenters. The second kappa shape index (κ2) is 4.90. The van der Waals surface area contributed by atoms with E-state index in [4.69, 9.17) is 4.74 Å². The lowest BCUT2D eigenvalue weighted by Gasteiger charge is -2.09. The molecule has 0 atom stereocenters. The van der Waals surface area contributed by atoms with Crippen LogP contribution in [0.3, 0.4) is 0 Å². The van der Waals surface area contributed by atoms with Crippen LogP contribution < -0.4 is 4.74 Å². The first-order valence-electron chi connectivity index (χ1n) is 4.98. The Morgan fingerprint density at radius 1 is 1.15 bits per heavy atom. The molecule has 0 spiro atoms. The van der Waals surface area contributed by atoms with Crippen molar-refractivity contribution in [3.8, 4) is 5.75 Å². The van der Waals surface area contributed by atoms with Crippen LogP contribution in [0.2, 0.25) is 0 Å². The zero-order chi connectivity index (χ0) is 9.68. The van der Waals surface area contributed by atoms with E-state index in [1.54, 1.807) is 0 Å². The summed E-state index contributed by atoms with van der Waals surface area (Å²) >= 11 is 0. The van der Waals surface area contributed by atoms with Crippen LogP contribution in [0.15, 0.2) is 24.3 Å². The predicted molar refractivity (Wildman–Crippen MR) is 56.2 cm³/mol. The normalized spacial score (nSPS) is 10.5. The van der Waals surface area contributed by atoms with Gasteiger partial charge in [-0.05, 0) is 38.0 Å². The minimum Gasteiger partial charge on any atom is -0.491 e. The molecule has 0 aliphatic carbocycles. The summed E-state index contributed by atoms with van der Waals surface area (Å²) in [6.07, 6.45) is 2.61. The summed E-state index contributed by atoms with van der Waals surface area (Å²) in [6, 6.07) is 8.37. The van der Waals surface area contributed by atoms with E-state index >= 15 is 0 Å². The van der Waals surface area contributed by atoms with Gasteiger partial charge in [0.05, 0.1) is 6.10 Å². The number of benzene rings is 1. The van der Waals surface area contributed by atoms with Gasteiger partial charge in [-0.2, -0.15) is 0 Å². The third-order valence-electron chi connectivity index (χ3n) is 1.83. The van der Waals surface area contributed by atoms with E-state index in [0.717, 1.165) is 12.2 Å². The van der Waals surface area contributed by atoms with Crippen LogP contribution >= 0.6 is 0 Å². The first-order valence-corrected chi connectivity index (χ1v) is 4.98. The van der Waals surface area contributed by atoms with E-state index in [2.05, 4.69) is 19.1 Å². The molecule has 72 valence electrons. The van der Waals surface area contributed by atoms with Crippen molar-refractivity contribution in [3.05, 3.63) is 29.8 Å². The van der Waals surface area contributed by atoms with E-state index < -0.39 is 0 Å². The lowest BCUT2D eigenvalue weighted by molar-refractivity contribution is 0.242. The summed E-state index contributed by atoms with van der Waals surface area (Å²) in [5, 5.41) is 0. The highest BCUT2D eigenvalue weighted by Gasteiger charge is 1.96. The molecule has 0 amide bonds. The molecular formula is C12H18O. The standard InChI is InChI=1S/C12H18O/c1-4-5-11-6-8-12(9-7-11)13-10(2)3/h6-10H,4-5H2,1-3H3. The molecule has 0 aliphatic heterocycles. The first kappa shape index (κ1) is 10.1. The second-order valence-corrected chi connectivity index (χ2v) is 3.56. The summed E-state index contributed by atoms with van der Waals surface area (Å²) in [7, 11) is 0. The molecule has 0 aromatic heterocycles. The fraction of sp³-hybridized carbons (Fsp3) is 0.500. The van der Waals surface area contributed by atoms with Crippen LogP contribution in [0.1, 0.15) is 32.8 Å². The summed E-state index contributed by atoms with van der Waals surface area (Å²) in [5.74, 6) is 0.967. The lowest BCUT2D eigenvalue weighted by atomic mass is 10.1. The summed E-state index contributed by atoms with van der Waals surface area (Å²) in [6.45, 7) is 6.28. The lowest BCUT2D eigenvalue weighted by Crippen LogP contribution is -2.05. The fourth-order valence-electron chi connectivity index (χ4n) is 1.30. The topological polar surface area (TPSA) is 9.23 Å². The summed E-state index contributed by atoms with van der Waals surface area (Å²) in [4.78, 5) is 0. The van der Waals surface area contributed by atoms with E-state index in [0.29, 0.717) is 0 Å². The third-order valence-corrected chi connectivity index (χ3v) is 1.83. The average Bonchev–Trinajstić information content (AvgIpc) is 2.08. The van der Waals surface area contributed by atoms with Crippen molar-refractivity contribution in [1.82, 2.24) is 0 Å². The van der Waals surface area contributed by atoms with Gasteiger partial charge >= 0.3 is 0 Å². The summed E-state index contributed by atoms with van der Waals surface area (Å²) in [5.41, 5.74) is 1.39. The molecule has 1 heteroatoms. The van der Waals surface area contributed by atoms with Crippen molar-refractivity contribution in [2.75, 3.05) is 0 Å². The number of aryl methyl sites for hydroxylation is 1. The largest absolute Gasteiger partial charge is 0.491 e. The zero-order valence-corrected chi connectivity index (χ0v) is 8.71. The van der Waals surface area contributed by atoms with Crippen LogP contribution in [0.25, 0.3) is 0 Å². The SMILES string of the molecule is CCCc1ccc(OC(C)C)cc1. The Bertz CT molecular complexity index is 236. The Morgan fingerprint density at radius 3 is 2.23 bits per heavy atom. The first-order chi connectivity index (χ1) is 6.22. The highest BCUT2D eigenvalue weighted by molar-refractivity contribution is 5.27. The monoisotopic (exact) mass is 178 g/mol. The van der Waals surface area contributed by atoms with Crippen molar-refractivity contribution in [2.45, 2.75) is 39.7 Å². The van der Waals surface area contributed by atoms with Crippen molar-refractivity contribution in [3.63, 3.8) is 0 Å². The van der Waals surface area contributed by atoms with Gasteiger partial charge in [-0.1, -0.05) is 25.5 Å². The van der Waals surface area contributed by atoms with Crippen LogP contribution in [0, 0.1) is 0 Å². The van der Waals surface area contributed by atoms with Crippen LogP contribution in [-0.4, -0.2) is 6.10 Å². The number of rotatable bonds is 4. The molecule has 1 rings (SSSR count). The fourth-order valence-corrected chi connectivity index (χ4v) is 1.30. The van der Waals surface area contributed by atoms with Crippen molar-refractivity contribution in [2.24, 2.45) is 0 Å². The van der Waals surface area contributed by atoms with Crippen LogP contribution in [0.5, 0.6) is 5.75 Å². The van der Waals surface area contributed by atoms with Gasteiger partial charge in [0.1, 0.15) is 5.75 Å². The zero-order valence-electron chi connectivity index (χ0n) is 8.71. The quantitative estimate of drug-likeness (QED) is 0.686. The number of hydrogen-bond acceptors (Lipinski definition) is 1. The maximum Gasteiger partial charge on any atom is 0.119 e. The maximum atomic E-state index is 5.55. The molecule has 0 fully saturated rings. The molecule has 0 heterocycles. The van der Waals surface area contributed by atoms with Gasteiger partial charge in [0.15, 0.2) is 0 Å². The van der Waals surface area contributed by atoms with Crippen LogP contribution in [0.4, 0.5) is 0 Å². The van der Waals surface area contributed by atoms with E-state index in [1.807, 2.05) is 26.0 Å². The molecule has 13 heavy (non-hydrogen) atoms. The minimum atomic E-state index is 0.261. The van der Waals surface area contributed by atoms with Gasteiger partial charge < -0.3 is 4.74 Å². The molecule has 1 aromatic carbocycles. The Labute approximate surface area is 80.7 Å². The van der Waals surface area contributed by atoms with Gasteiger partial charge in [0.25, 0.3) is 0 Å². The highest BCUT2D eigenvalue weighted by atomic mass is 16.5. The maximum absolute atomic E-state index is 5.55. The molecule has 0 N–H and O–H groups in total. The van der Waals surface area contributed by atoms with Gasteiger partial charge in [0, 0.05) is 0 Å². The molecular weight excluding hydrogens is 160 g/mol. The van der Waals surface area contributed by atoms with E-state index in [1.165, 1.54) is 12.0 Å². The minimum absolute atomic E-state index is 0.261. The molecule has 0 saturated heterocycles. The van der Waals surface area contributed by atoms with E-state index in [-0.39, 0.29) is 6.10 Å². The Kier molecular flexibility index (Phi) is 3.81. The van der Waals surface area contributed by atoms with Gasteiger partial charge in [-0.15, -0.1) is 0 Å². The number of ether oxygens (including phenoxy) is 1. The Morgan fingerprint density at radius 2 is 1.77 bits per heavy atom. The second-order valence-electron chi connectivity index (χ2n) is 3.56. The predicted octanol–water partition coefficient (Wildman–Crippen LogP) is 3.43. The van der Waals surface area contributed by atoms with E-state index in [9.17, 15) is 0 Å².